The molecule has 0 fully saturated rings. The van der Waals surface area contributed by atoms with E-state index in [1.807, 2.05) is 49.4 Å². The van der Waals surface area contributed by atoms with Gasteiger partial charge in [-0.2, -0.15) is 0 Å². The highest BCUT2D eigenvalue weighted by atomic mass is 16.1. The molecule has 0 radical (unpaired) electrons. The lowest BCUT2D eigenvalue weighted by Gasteiger charge is -2.05. The number of ketones is 1. The minimum atomic E-state index is -0.215. The Morgan fingerprint density at radius 1 is 0.769 bits per heavy atom. The van der Waals surface area contributed by atoms with Crippen LogP contribution in [0.1, 0.15) is 27.0 Å². The number of carbonyl (C=O) groups excluding carboxylic acids is 2. The van der Waals surface area contributed by atoms with Gasteiger partial charge < -0.3 is 5.32 Å². The lowest BCUT2D eigenvalue weighted by molar-refractivity contribution is -0.111. The van der Waals surface area contributed by atoms with Crippen molar-refractivity contribution in [2.24, 2.45) is 0 Å². The third-order valence-electron chi connectivity index (χ3n) is 3.96. The Balaban J connectivity index is 1.62. The molecule has 1 N–H and O–H groups in total. The molecule has 0 aromatic heterocycles. The summed E-state index contributed by atoms with van der Waals surface area (Å²) in [6.45, 7) is 2.02. The molecule has 0 atom stereocenters. The summed E-state index contributed by atoms with van der Waals surface area (Å²) in [5, 5.41) is 2.79. The van der Waals surface area contributed by atoms with Crippen molar-refractivity contribution in [2.75, 3.05) is 5.32 Å². The lowest BCUT2D eigenvalue weighted by Crippen LogP contribution is -2.08. The van der Waals surface area contributed by atoms with Crippen LogP contribution in [0.3, 0.4) is 0 Å². The van der Waals surface area contributed by atoms with E-state index in [0.29, 0.717) is 16.8 Å². The van der Waals surface area contributed by atoms with Crippen LogP contribution in [0.25, 0.3) is 6.08 Å². The number of rotatable bonds is 5. The highest BCUT2D eigenvalue weighted by Crippen LogP contribution is 2.14. The second kappa shape index (κ2) is 8.08. The van der Waals surface area contributed by atoms with Crippen LogP contribution >= 0.6 is 0 Å². The molecule has 3 nitrogen and oxygen atoms in total. The molecular weight excluding hydrogens is 322 g/mol. The van der Waals surface area contributed by atoms with E-state index in [0.717, 1.165) is 5.56 Å². The van der Waals surface area contributed by atoms with Gasteiger partial charge in [0.15, 0.2) is 5.78 Å². The number of anilines is 1. The van der Waals surface area contributed by atoms with Gasteiger partial charge in [0.05, 0.1) is 0 Å². The van der Waals surface area contributed by atoms with Gasteiger partial charge in [-0.25, -0.2) is 0 Å². The standard InChI is InChI=1S/C23H19NO2/c1-17-7-9-18(10-8-17)11-16-22(25)24-21-14-12-20(13-15-21)23(26)19-5-3-2-4-6-19/h2-16H,1H3,(H,24,25)/b16-11+. The quantitative estimate of drug-likeness (QED) is 0.531. The minimum Gasteiger partial charge on any atom is -0.323 e. The Labute approximate surface area is 153 Å². The first-order chi connectivity index (χ1) is 12.6. The summed E-state index contributed by atoms with van der Waals surface area (Å²) in [6.07, 6.45) is 3.26. The highest BCUT2D eigenvalue weighted by Gasteiger charge is 2.08. The van der Waals surface area contributed by atoms with Crippen molar-refractivity contribution in [1.82, 2.24) is 0 Å². The summed E-state index contributed by atoms with van der Waals surface area (Å²) in [4.78, 5) is 24.4. The Hall–Kier alpha value is -3.46. The summed E-state index contributed by atoms with van der Waals surface area (Å²) >= 11 is 0. The van der Waals surface area contributed by atoms with Gasteiger partial charge in [-0.05, 0) is 42.8 Å². The Bertz CT molecular complexity index is 924. The van der Waals surface area contributed by atoms with Gasteiger partial charge in [-0.15, -0.1) is 0 Å². The molecule has 0 bridgehead atoms. The number of nitrogens with one attached hydrogen (secondary N) is 1. The molecule has 26 heavy (non-hydrogen) atoms. The van der Waals surface area contributed by atoms with Gasteiger partial charge in [0.2, 0.25) is 5.91 Å². The van der Waals surface area contributed by atoms with Crippen molar-refractivity contribution in [2.45, 2.75) is 6.92 Å². The maximum absolute atomic E-state index is 12.4. The molecule has 0 aliphatic carbocycles. The first kappa shape index (κ1) is 17.4. The zero-order valence-corrected chi connectivity index (χ0v) is 14.5. The maximum atomic E-state index is 12.4. The SMILES string of the molecule is Cc1ccc(/C=C/C(=O)Nc2ccc(C(=O)c3ccccc3)cc2)cc1. The van der Waals surface area contributed by atoms with Crippen LogP contribution in [-0.2, 0) is 4.79 Å². The molecule has 3 rings (SSSR count). The number of carbonyl (C=O) groups is 2. The smallest absolute Gasteiger partial charge is 0.248 e. The van der Waals surface area contributed by atoms with Gasteiger partial charge in [-0.1, -0.05) is 60.2 Å². The topological polar surface area (TPSA) is 46.2 Å². The van der Waals surface area contributed by atoms with Gasteiger partial charge in [0.1, 0.15) is 0 Å². The van der Waals surface area contributed by atoms with Crippen molar-refractivity contribution in [3.8, 4) is 0 Å². The Morgan fingerprint density at radius 3 is 2.04 bits per heavy atom. The third kappa shape index (κ3) is 4.54. The fourth-order valence-electron chi connectivity index (χ4n) is 2.49. The van der Waals surface area contributed by atoms with Crippen LogP contribution < -0.4 is 5.32 Å². The first-order valence-corrected chi connectivity index (χ1v) is 8.37. The molecule has 0 saturated carbocycles. The highest BCUT2D eigenvalue weighted by molar-refractivity contribution is 6.09. The van der Waals surface area contributed by atoms with Gasteiger partial charge in [0.25, 0.3) is 0 Å². The molecule has 128 valence electrons. The van der Waals surface area contributed by atoms with Crippen LogP contribution in [0, 0.1) is 6.92 Å². The lowest BCUT2D eigenvalue weighted by atomic mass is 10.0. The van der Waals surface area contributed by atoms with Crippen LogP contribution in [-0.4, -0.2) is 11.7 Å². The largest absolute Gasteiger partial charge is 0.323 e. The Morgan fingerprint density at radius 2 is 1.38 bits per heavy atom. The zero-order valence-electron chi connectivity index (χ0n) is 14.5. The van der Waals surface area contributed by atoms with E-state index < -0.39 is 0 Å². The molecule has 0 spiro atoms. The molecule has 0 unspecified atom stereocenters. The van der Waals surface area contributed by atoms with Crippen molar-refractivity contribution >= 4 is 23.5 Å². The molecule has 0 aliphatic rings. The summed E-state index contributed by atoms with van der Waals surface area (Å²) in [6, 6.07) is 23.9. The molecule has 1 amide bonds. The van der Waals surface area contributed by atoms with Gasteiger partial charge in [-0.3, -0.25) is 9.59 Å². The molecule has 3 heteroatoms. The first-order valence-electron chi connectivity index (χ1n) is 8.37. The monoisotopic (exact) mass is 341 g/mol. The fraction of sp³-hybridized carbons (Fsp3) is 0.0435. The van der Waals surface area contributed by atoms with E-state index in [-0.39, 0.29) is 11.7 Å². The molecular formula is C23H19NO2. The number of aryl methyl sites for hydroxylation is 1. The van der Waals surface area contributed by atoms with E-state index in [1.54, 1.807) is 42.5 Å². The van der Waals surface area contributed by atoms with Crippen molar-refractivity contribution < 1.29 is 9.59 Å². The third-order valence-corrected chi connectivity index (χ3v) is 3.96. The van der Waals surface area contributed by atoms with E-state index >= 15 is 0 Å². The summed E-state index contributed by atoms with van der Waals surface area (Å²) in [5.41, 5.74) is 4.02. The van der Waals surface area contributed by atoms with Crippen LogP contribution in [0.2, 0.25) is 0 Å². The fourth-order valence-corrected chi connectivity index (χ4v) is 2.49. The van der Waals surface area contributed by atoms with E-state index in [2.05, 4.69) is 5.32 Å². The van der Waals surface area contributed by atoms with E-state index in [1.165, 1.54) is 11.6 Å². The maximum Gasteiger partial charge on any atom is 0.248 e. The van der Waals surface area contributed by atoms with Crippen LogP contribution in [0.15, 0.2) is 84.9 Å². The number of hydrogen-bond donors (Lipinski definition) is 1. The summed E-state index contributed by atoms with van der Waals surface area (Å²) < 4.78 is 0. The van der Waals surface area contributed by atoms with E-state index in [9.17, 15) is 9.59 Å². The molecule has 0 saturated heterocycles. The van der Waals surface area contributed by atoms with Crippen molar-refractivity contribution in [1.29, 1.82) is 0 Å². The predicted molar refractivity (Wildman–Crippen MR) is 105 cm³/mol. The average molecular weight is 341 g/mol. The number of hydrogen-bond acceptors (Lipinski definition) is 2. The van der Waals surface area contributed by atoms with Crippen molar-refractivity contribution in [3.63, 3.8) is 0 Å². The average Bonchev–Trinajstić information content (AvgIpc) is 2.68. The molecule has 3 aromatic rings. The Kier molecular flexibility index (Phi) is 5.40. The summed E-state index contributed by atoms with van der Waals surface area (Å²) in [5.74, 6) is -0.254. The molecule has 0 aliphatic heterocycles. The zero-order chi connectivity index (χ0) is 18.4. The second-order valence-corrected chi connectivity index (χ2v) is 6.01. The molecule has 3 aromatic carbocycles. The van der Waals surface area contributed by atoms with Gasteiger partial charge in [0, 0.05) is 22.9 Å². The molecule has 0 heterocycles. The second-order valence-electron chi connectivity index (χ2n) is 6.01. The number of amides is 1. The summed E-state index contributed by atoms with van der Waals surface area (Å²) in [7, 11) is 0. The number of benzene rings is 3. The minimum absolute atomic E-state index is 0.0391. The van der Waals surface area contributed by atoms with Crippen LogP contribution in [0.4, 0.5) is 5.69 Å². The normalized spacial score (nSPS) is 10.7. The van der Waals surface area contributed by atoms with Crippen molar-refractivity contribution in [3.05, 3.63) is 107 Å². The van der Waals surface area contributed by atoms with Crippen LogP contribution in [0.5, 0.6) is 0 Å². The predicted octanol–water partition coefficient (Wildman–Crippen LogP) is 4.88. The van der Waals surface area contributed by atoms with E-state index in [4.69, 9.17) is 0 Å². The van der Waals surface area contributed by atoms with Gasteiger partial charge >= 0.3 is 0 Å².